The molecule has 0 bridgehead atoms. The molecule has 0 saturated heterocycles. The fraction of sp³-hybridized carbons (Fsp3) is 0.214. The Bertz CT molecular complexity index is 584. The van der Waals surface area contributed by atoms with Gasteiger partial charge in [-0.3, -0.25) is 4.79 Å². The van der Waals surface area contributed by atoms with E-state index in [2.05, 4.69) is 28.5 Å². The molecule has 2 aromatic rings. The van der Waals surface area contributed by atoms with E-state index >= 15 is 0 Å². The van der Waals surface area contributed by atoms with Crippen LogP contribution in [0.4, 0.5) is 0 Å². The quantitative estimate of drug-likeness (QED) is 0.788. The first-order valence-electron chi connectivity index (χ1n) is 5.73. The summed E-state index contributed by atoms with van der Waals surface area (Å²) in [5, 5.41) is 5.12. The van der Waals surface area contributed by atoms with E-state index in [-0.39, 0.29) is 5.56 Å². The number of nitrogens with one attached hydrogen (secondary N) is 2. The fourth-order valence-electron chi connectivity index (χ4n) is 1.73. The van der Waals surface area contributed by atoms with Crippen LogP contribution in [0.1, 0.15) is 12.0 Å². The number of aromatic nitrogens is 1. The Morgan fingerprint density at radius 3 is 3.00 bits per heavy atom. The van der Waals surface area contributed by atoms with Crippen LogP contribution in [-0.2, 0) is 0 Å². The molecule has 3 nitrogen and oxygen atoms in total. The van der Waals surface area contributed by atoms with Gasteiger partial charge in [-0.05, 0) is 42.4 Å². The number of hydrogen-bond acceptors (Lipinski definition) is 2. The maximum Gasteiger partial charge on any atom is 0.248 e. The maximum atomic E-state index is 11.2. The molecule has 2 rings (SSSR count). The molecule has 0 aliphatic heterocycles. The highest BCUT2D eigenvalue weighted by molar-refractivity contribution is 5.83. The van der Waals surface area contributed by atoms with Crippen LogP contribution < -0.4 is 10.9 Å². The predicted molar refractivity (Wildman–Crippen MR) is 72.1 cm³/mol. The third kappa shape index (κ3) is 3.04. The molecule has 0 aliphatic rings. The van der Waals surface area contributed by atoms with Gasteiger partial charge in [0.1, 0.15) is 0 Å². The minimum Gasteiger partial charge on any atom is -0.328 e. The van der Waals surface area contributed by atoms with Crippen molar-refractivity contribution in [2.24, 2.45) is 0 Å². The average Bonchev–Trinajstić information content (AvgIpc) is 2.34. The molecule has 0 atom stereocenters. The van der Waals surface area contributed by atoms with Crippen molar-refractivity contribution in [1.82, 2.24) is 10.3 Å². The summed E-state index contributed by atoms with van der Waals surface area (Å²) < 4.78 is 0. The first kappa shape index (κ1) is 11.6. The molecule has 3 heteroatoms. The average molecular weight is 228 g/mol. The molecule has 2 N–H and O–H groups in total. The molecule has 1 heterocycles. The zero-order valence-electron chi connectivity index (χ0n) is 9.86. The summed E-state index contributed by atoms with van der Waals surface area (Å²) in [6, 6.07) is 7.72. The molecule has 0 spiro atoms. The van der Waals surface area contributed by atoms with Crippen LogP contribution in [0.2, 0.25) is 0 Å². The predicted octanol–water partition coefficient (Wildman–Crippen LogP) is 2.15. The third-order valence-corrected chi connectivity index (χ3v) is 2.64. The number of benzene rings is 1. The van der Waals surface area contributed by atoms with Crippen LogP contribution in [0.15, 0.2) is 41.3 Å². The summed E-state index contributed by atoms with van der Waals surface area (Å²) in [6.45, 7) is 0.976. The van der Waals surface area contributed by atoms with Crippen molar-refractivity contribution >= 4 is 16.8 Å². The molecule has 1 aromatic carbocycles. The molecule has 0 fully saturated rings. The van der Waals surface area contributed by atoms with Crippen LogP contribution in [0.25, 0.3) is 16.8 Å². The second kappa shape index (κ2) is 5.46. The van der Waals surface area contributed by atoms with Crippen LogP contribution in [0, 0.1) is 0 Å². The molecule has 0 saturated carbocycles. The largest absolute Gasteiger partial charge is 0.328 e. The number of rotatable bonds is 4. The van der Waals surface area contributed by atoms with Gasteiger partial charge < -0.3 is 10.3 Å². The lowest BCUT2D eigenvalue weighted by Gasteiger charge is -1.99. The number of hydrogen-bond donors (Lipinski definition) is 2. The zero-order chi connectivity index (χ0) is 12.1. The van der Waals surface area contributed by atoms with E-state index in [0.29, 0.717) is 0 Å². The highest BCUT2D eigenvalue weighted by Crippen LogP contribution is 2.14. The number of pyridine rings is 1. The van der Waals surface area contributed by atoms with Gasteiger partial charge in [-0.25, -0.2) is 0 Å². The molecule has 17 heavy (non-hydrogen) atoms. The van der Waals surface area contributed by atoms with E-state index in [1.54, 1.807) is 12.3 Å². The van der Waals surface area contributed by atoms with E-state index in [4.69, 9.17) is 0 Å². The van der Waals surface area contributed by atoms with Crippen LogP contribution in [0.5, 0.6) is 0 Å². The number of fused-ring (bicyclic) bond motifs is 1. The molecule has 0 aliphatic carbocycles. The standard InChI is InChI=1S/C14H16N2O/c1-15-7-3-2-4-11-5-6-12-10-16-14(17)9-13(12)8-11/h2,4-6,8-10,15H,3,7H2,1H3,(H,16,17). The van der Waals surface area contributed by atoms with Crippen molar-refractivity contribution < 1.29 is 0 Å². The van der Waals surface area contributed by atoms with Crippen LogP contribution in [0.3, 0.4) is 0 Å². The molecular formula is C14H16N2O. The second-order valence-electron chi connectivity index (χ2n) is 3.98. The third-order valence-electron chi connectivity index (χ3n) is 2.64. The van der Waals surface area contributed by atoms with Crippen molar-refractivity contribution in [2.75, 3.05) is 13.6 Å². The Hall–Kier alpha value is -1.87. The lowest BCUT2D eigenvalue weighted by Crippen LogP contribution is -2.05. The number of H-pyrrole nitrogens is 1. The Balaban J connectivity index is 2.24. The Labute approximate surface area is 100 Å². The highest BCUT2D eigenvalue weighted by Gasteiger charge is 1.94. The van der Waals surface area contributed by atoms with E-state index in [9.17, 15) is 4.79 Å². The maximum absolute atomic E-state index is 11.2. The molecule has 1 aromatic heterocycles. The molecule has 0 unspecified atom stereocenters. The van der Waals surface area contributed by atoms with Gasteiger partial charge in [0.05, 0.1) is 0 Å². The smallest absolute Gasteiger partial charge is 0.248 e. The van der Waals surface area contributed by atoms with Gasteiger partial charge in [0.15, 0.2) is 0 Å². The lowest BCUT2D eigenvalue weighted by molar-refractivity contribution is 0.809. The monoisotopic (exact) mass is 228 g/mol. The summed E-state index contributed by atoms with van der Waals surface area (Å²) in [5.41, 5.74) is 1.06. The fourth-order valence-corrected chi connectivity index (χ4v) is 1.73. The van der Waals surface area contributed by atoms with Crippen molar-refractivity contribution in [3.05, 3.63) is 52.5 Å². The van der Waals surface area contributed by atoms with E-state index in [1.807, 2.05) is 19.2 Å². The van der Waals surface area contributed by atoms with Crippen molar-refractivity contribution in [2.45, 2.75) is 6.42 Å². The Morgan fingerprint density at radius 2 is 2.18 bits per heavy atom. The van der Waals surface area contributed by atoms with Crippen molar-refractivity contribution in [1.29, 1.82) is 0 Å². The topological polar surface area (TPSA) is 44.9 Å². The first-order chi connectivity index (χ1) is 8.29. The van der Waals surface area contributed by atoms with E-state index in [0.717, 1.165) is 29.3 Å². The van der Waals surface area contributed by atoms with Gasteiger partial charge in [-0.2, -0.15) is 0 Å². The summed E-state index contributed by atoms with van der Waals surface area (Å²) >= 11 is 0. The van der Waals surface area contributed by atoms with Crippen LogP contribution >= 0.6 is 0 Å². The van der Waals surface area contributed by atoms with Crippen LogP contribution in [-0.4, -0.2) is 18.6 Å². The summed E-state index contributed by atoms with van der Waals surface area (Å²) in [4.78, 5) is 13.9. The molecule has 88 valence electrons. The minimum atomic E-state index is -0.0613. The highest BCUT2D eigenvalue weighted by atomic mass is 16.1. The van der Waals surface area contributed by atoms with E-state index < -0.39 is 0 Å². The summed E-state index contributed by atoms with van der Waals surface area (Å²) in [6.07, 6.45) is 6.96. The van der Waals surface area contributed by atoms with Gasteiger partial charge in [0.25, 0.3) is 0 Å². The first-order valence-corrected chi connectivity index (χ1v) is 5.73. The molecular weight excluding hydrogens is 212 g/mol. The van der Waals surface area contributed by atoms with Crippen molar-refractivity contribution in [3.8, 4) is 0 Å². The van der Waals surface area contributed by atoms with Gasteiger partial charge >= 0.3 is 0 Å². The zero-order valence-corrected chi connectivity index (χ0v) is 9.86. The Morgan fingerprint density at radius 1 is 1.29 bits per heavy atom. The van der Waals surface area contributed by atoms with Gasteiger partial charge in [0, 0.05) is 12.3 Å². The summed E-state index contributed by atoms with van der Waals surface area (Å²) in [5.74, 6) is 0. The summed E-state index contributed by atoms with van der Waals surface area (Å²) in [7, 11) is 1.94. The minimum absolute atomic E-state index is 0.0613. The molecule has 0 amide bonds. The second-order valence-corrected chi connectivity index (χ2v) is 3.98. The Kier molecular flexibility index (Phi) is 3.73. The van der Waals surface area contributed by atoms with Gasteiger partial charge in [-0.15, -0.1) is 0 Å². The SMILES string of the molecule is CNCCC=Cc1ccc2c[nH]c(=O)cc2c1. The normalized spacial score (nSPS) is 11.4. The van der Waals surface area contributed by atoms with Crippen molar-refractivity contribution in [3.63, 3.8) is 0 Å². The molecule has 0 radical (unpaired) electrons. The number of aromatic amines is 1. The lowest BCUT2D eigenvalue weighted by atomic mass is 10.1. The van der Waals surface area contributed by atoms with Gasteiger partial charge in [0.2, 0.25) is 5.56 Å². The van der Waals surface area contributed by atoms with E-state index in [1.165, 1.54) is 0 Å². The van der Waals surface area contributed by atoms with Gasteiger partial charge in [-0.1, -0.05) is 24.3 Å².